The number of hydrogen-bond donors (Lipinski definition) is 0. The maximum atomic E-state index is 11.6. The number of nitrogens with zero attached hydrogens (tertiary/aromatic N) is 1. The van der Waals surface area contributed by atoms with Gasteiger partial charge in [-0.05, 0) is 33.6 Å². The van der Waals surface area contributed by atoms with Crippen LogP contribution in [0.4, 0.5) is 0 Å². The minimum absolute atomic E-state index is 0.102. The Bertz CT molecular complexity index is 246. The summed E-state index contributed by atoms with van der Waals surface area (Å²) in [5.41, 5.74) is 0. The molecule has 0 bridgehead atoms. The summed E-state index contributed by atoms with van der Waals surface area (Å²) in [6.45, 7) is 5.84. The van der Waals surface area contributed by atoms with E-state index >= 15 is 0 Å². The van der Waals surface area contributed by atoms with Crippen molar-refractivity contribution in [2.75, 3.05) is 5.75 Å². The lowest BCUT2D eigenvalue weighted by Crippen LogP contribution is -2.47. The summed E-state index contributed by atoms with van der Waals surface area (Å²) in [5.74, 6) is 0.329. The third-order valence-corrected chi connectivity index (χ3v) is 4.52. The molecule has 1 rings (SSSR count). The molecular formula is C8H17NO2S. The van der Waals surface area contributed by atoms with Gasteiger partial charge < -0.3 is 0 Å². The average molecular weight is 191 g/mol. The summed E-state index contributed by atoms with van der Waals surface area (Å²) >= 11 is 0. The number of hydrogen-bond acceptors (Lipinski definition) is 2. The van der Waals surface area contributed by atoms with Gasteiger partial charge in [-0.25, -0.2) is 8.42 Å². The van der Waals surface area contributed by atoms with E-state index in [4.69, 9.17) is 0 Å². The molecule has 1 fully saturated rings. The van der Waals surface area contributed by atoms with Crippen molar-refractivity contribution in [2.24, 2.45) is 0 Å². The van der Waals surface area contributed by atoms with E-state index in [1.165, 1.54) is 0 Å². The highest BCUT2D eigenvalue weighted by Crippen LogP contribution is 2.22. The van der Waals surface area contributed by atoms with E-state index in [1.54, 1.807) is 4.31 Å². The van der Waals surface area contributed by atoms with E-state index < -0.39 is 10.0 Å². The van der Waals surface area contributed by atoms with Crippen molar-refractivity contribution in [3.63, 3.8) is 0 Å². The van der Waals surface area contributed by atoms with E-state index in [0.29, 0.717) is 5.75 Å². The Kier molecular flexibility index (Phi) is 2.78. The van der Waals surface area contributed by atoms with Crippen molar-refractivity contribution in [3.05, 3.63) is 0 Å². The van der Waals surface area contributed by atoms with Crippen LogP contribution in [-0.4, -0.2) is 30.6 Å². The van der Waals surface area contributed by atoms with Crippen LogP contribution in [0.5, 0.6) is 0 Å². The van der Waals surface area contributed by atoms with E-state index in [1.807, 2.05) is 20.8 Å². The van der Waals surface area contributed by atoms with Gasteiger partial charge >= 0.3 is 0 Å². The van der Waals surface area contributed by atoms with Gasteiger partial charge in [0.05, 0.1) is 5.75 Å². The first-order valence-corrected chi connectivity index (χ1v) is 6.07. The first kappa shape index (κ1) is 9.99. The lowest BCUT2D eigenvalue weighted by Gasteiger charge is -2.35. The molecule has 1 aliphatic heterocycles. The molecule has 12 heavy (non-hydrogen) atoms. The third-order valence-electron chi connectivity index (χ3n) is 2.29. The highest BCUT2D eigenvalue weighted by Gasteiger charge is 2.32. The van der Waals surface area contributed by atoms with Gasteiger partial charge in [-0.15, -0.1) is 0 Å². The second kappa shape index (κ2) is 3.34. The Balaban J connectivity index is 2.89. The van der Waals surface area contributed by atoms with Crippen LogP contribution >= 0.6 is 0 Å². The van der Waals surface area contributed by atoms with Gasteiger partial charge in [-0.1, -0.05) is 0 Å². The van der Waals surface area contributed by atoms with Gasteiger partial charge in [0.15, 0.2) is 0 Å². The van der Waals surface area contributed by atoms with Gasteiger partial charge in [0.25, 0.3) is 0 Å². The van der Waals surface area contributed by atoms with Crippen LogP contribution in [0.3, 0.4) is 0 Å². The third kappa shape index (κ3) is 1.80. The Morgan fingerprint density at radius 2 is 2.00 bits per heavy atom. The summed E-state index contributed by atoms with van der Waals surface area (Å²) in [4.78, 5) is 0. The van der Waals surface area contributed by atoms with Crippen molar-refractivity contribution < 1.29 is 8.42 Å². The van der Waals surface area contributed by atoms with Crippen molar-refractivity contribution in [3.8, 4) is 0 Å². The summed E-state index contributed by atoms with van der Waals surface area (Å²) in [6, 6.07) is 0.286. The zero-order valence-corrected chi connectivity index (χ0v) is 8.76. The largest absolute Gasteiger partial charge is 0.214 e. The zero-order chi connectivity index (χ0) is 9.35. The van der Waals surface area contributed by atoms with Gasteiger partial charge in [-0.3, -0.25) is 0 Å². The molecule has 0 aromatic rings. The SMILES string of the molecule is CC(C)N1C(C)CCCS1(=O)=O. The maximum absolute atomic E-state index is 11.6. The maximum Gasteiger partial charge on any atom is 0.214 e. The second-order valence-corrected chi connectivity index (χ2v) is 5.72. The molecule has 1 atom stereocenters. The standard InChI is InChI=1S/C8H17NO2S/c1-7(2)9-8(3)5-4-6-12(9,10)11/h7-8H,4-6H2,1-3H3. The van der Waals surface area contributed by atoms with Crippen LogP contribution in [0.1, 0.15) is 33.6 Å². The van der Waals surface area contributed by atoms with Gasteiger partial charge in [0.1, 0.15) is 0 Å². The van der Waals surface area contributed by atoms with E-state index in [9.17, 15) is 8.42 Å². The Hall–Kier alpha value is -0.0900. The monoisotopic (exact) mass is 191 g/mol. The van der Waals surface area contributed by atoms with E-state index in [2.05, 4.69) is 0 Å². The molecule has 72 valence electrons. The minimum atomic E-state index is -2.94. The van der Waals surface area contributed by atoms with Crippen LogP contribution in [0.2, 0.25) is 0 Å². The van der Waals surface area contributed by atoms with Crippen LogP contribution in [0.25, 0.3) is 0 Å². The van der Waals surface area contributed by atoms with Crippen LogP contribution in [0.15, 0.2) is 0 Å². The molecule has 0 aromatic heterocycles. The topological polar surface area (TPSA) is 37.4 Å². The number of sulfonamides is 1. The molecule has 1 saturated heterocycles. The summed E-state index contributed by atoms with van der Waals surface area (Å²) < 4.78 is 24.8. The van der Waals surface area contributed by atoms with Gasteiger partial charge in [0, 0.05) is 12.1 Å². The first-order valence-electron chi connectivity index (χ1n) is 4.46. The fourth-order valence-corrected chi connectivity index (χ4v) is 3.94. The molecule has 0 amide bonds. The number of rotatable bonds is 1. The second-order valence-electron chi connectivity index (χ2n) is 3.73. The molecular weight excluding hydrogens is 174 g/mol. The molecule has 0 N–H and O–H groups in total. The molecule has 1 unspecified atom stereocenters. The molecule has 1 aliphatic rings. The lowest BCUT2D eigenvalue weighted by atomic mass is 10.2. The van der Waals surface area contributed by atoms with Gasteiger partial charge in [-0.2, -0.15) is 4.31 Å². The lowest BCUT2D eigenvalue weighted by molar-refractivity contribution is 0.260. The Morgan fingerprint density at radius 3 is 2.33 bits per heavy atom. The highest BCUT2D eigenvalue weighted by atomic mass is 32.2. The summed E-state index contributed by atoms with van der Waals surface area (Å²) in [5, 5.41) is 0. The van der Waals surface area contributed by atoms with Gasteiger partial charge in [0.2, 0.25) is 10.0 Å². The fraction of sp³-hybridized carbons (Fsp3) is 1.00. The van der Waals surface area contributed by atoms with E-state index in [0.717, 1.165) is 12.8 Å². The molecule has 4 heteroatoms. The van der Waals surface area contributed by atoms with Crippen molar-refractivity contribution in [1.82, 2.24) is 4.31 Å². The zero-order valence-electron chi connectivity index (χ0n) is 7.95. The summed E-state index contributed by atoms with van der Waals surface area (Å²) in [7, 11) is -2.94. The predicted molar refractivity (Wildman–Crippen MR) is 49.5 cm³/mol. The van der Waals surface area contributed by atoms with Crippen molar-refractivity contribution >= 4 is 10.0 Å². The smallest absolute Gasteiger partial charge is 0.212 e. The minimum Gasteiger partial charge on any atom is -0.212 e. The normalized spacial score (nSPS) is 30.8. The molecule has 0 aliphatic carbocycles. The Morgan fingerprint density at radius 1 is 1.42 bits per heavy atom. The average Bonchev–Trinajstić information content (AvgIpc) is 1.82. The van der Waals surface area contributed by atoms with Crippen LogP contribution in [0, 0.1) is 0 Å². The quantitative estimate of drug-likeness (QED) is 0.624. The van der Waals surface area contributed by atoms with E-state index in [-0.39, 0.29) is 12.1 Å². The molecule has 0 saturated carbocycles. The predicted octanol–water partition coefficient (Wildman–Crippen LogP) is 1.21. The first-order chi connectivity index (χ1) is 5.45. The molecule has 0 aromatic carbocycles. The van der Waals surface area contributed by atoms with Crippen LogP contribution in [-0.2, 0) is 10.0 Å². The highest BCUT2D eigenvalue weighted by molar-refractivity contribution is 7.89. The molecule has 0 spiro atoms. The fourth-order valence-electron chi connectivity index (χ4n) is 1.90. The van der Waals surface area contributed by atoms with Crippen molar-refractivity contribution in [1.29, 1.82) is 0 Å². The van der Waals surface area contributed by atoms with Crippen molar-refractivity contribution in [2.45, 2.75) is 45.7 Å². The van der Waals surface area contributed by atoms with Crippen LogP contribution < -0.4 is 0 Å². The Labute approximate surface area is 74.8 Å². The molecule has 1 heterocycles. The molecule has 3 nitrogen and oxygen atoms in total. The summed E-state index contributed by atoms with van der Waals surface area (Å²) in [6.07, 6.45) is 1.81. The molecule has 0 radical (unpaired) electrons.